The maximum Gasteiger partial charge on any atom is 0.229 e. The van der Waals surface area contributed by atoms with E-state index in [-0.39, 0.29) is 18.9 Å². The van der Waals surface area contributed by atoms with E-state index in [9.17, 15) is 4.79 Å². The molecule has 0 aliphatic carbocycles. The molecular formula is C17H18N4O2S. The molecule has 1 aromatic carbocycles. The number of aromatic nitrogens is 3. The van der Waals surface area contributed by atoms with Crippen LogP contribution >= 0.6 is 11.3 Å². The van der Waals surface area contributed by atoms with Crippen molar-refractivity contribution in [2.75, 3.05) is 5.32 Å². The molecule has 0 aliphatic rings. The molecular weight excluding hydrogens is 324 g/mol. The fraction of sp³-hybridized carbons (Fsp3) is 0.235. The van der Waals surface area contributed by atoms with Gasteiger partial charge in [-0.15, -0.1) is 11.3 Å². The van der Waals surface area contributed by atoms with Gasteiger partial charge < -0.3 is 10.4 Å². The van der Waals surface area contributed by atoms with Crippen LogP contribution in [0.4, 0.5) is 5.00 Å². The summed E-state index contributed by atoms with van der Waals surface area (Å²) in [6.07, 6.45) is 0.273. The Bertz CT molecular complexity index is 852. The van der Waals surface area contributed by atoms with E-state index >= 15 is 0 Å². The van der Waals surface area contributed by atoms with E-state index in [1.54, 1.807) is 0 Å². The average molecular weight is 342 g/mol. The number of H-pyrrole nitrogens is 1. The molecule has 1 amide bonds. The summed E-state index contributed by atoms with van der Waals surface area (Å²) in [5, 5.41) is 21.8. The van der Waals surface area contributed by atoms with Crippen molar-refractivity contribution in [3.05, 3.63) is 52.2 Å². The minimum atomic E-state index is -0.0953. The Balaban J connectivity index is 1.75. The van der Waals surface area contributed by atoms with Gasteiger partial charge in [0.25, 0.3) is 0 Å². The molecule has 7 heteroatoms. The minimum Gasteiger partial charge on any atom is -0.392 e. The zero-order valence-corrected chi connectivity index (χ0v) is 14.3. The van der Waals surface area contributed by atoms with Crippen molar-refractivity contribution in [1.82, 2.24) is 15.2 Å². The van der Waals surface area contributed by atoms with Gasteiger partial charge in [0, 0.05) is 0 Å². The normalized spacial score (nSPS) is 10.8. The van der Waals surface area contributed by atoms with Gasteiger partial charge in [-0.25, -0.2) is 4.98 Å². The number of nitrogens with one attached hydrogen (secondary N) is 2. The lowest BCUT2D eigenvalue weighted by Gasteiger charge is -2.06. The zero-order chi connectivity index (χ0) is 17.1. The van der Waals surface area contributed by atoms with Crippen molar-refractivity contribution < 1.29 is 9.90 Å². The van der Waals surface area contributed by atoms with Crippen LogP contribution in [0.25, 0.3) is 11.4 Å². The number of aryl methyl sites for hydroxylation is 2. The first-order valence-electron chi connectivity index (χ1n) is 7.53. The highest BCUT2D eigenvalue weighted by Crippen LogP contribution is 2.35. The molecule has 2 heterocycles. The maximum atomic E-state index is 12.3. The number of thiophene rings is 1. The van der Waals surface area contributed by atoms with Crippen LogP contribution in [0.1, 0.15) is 22.5 Å². The lowest BCUT2D eigenvalue weighted by Crippen LogP contribution is -2.14. The van der Waals surface area contributed by atoms with Gasteiger partial charge in [-0.1, -0.05) is 24.3 Å². The molecule has 0 fully saturated rings. The maximum absolute atomic E-state index is 12.3. The molecule has 0 saturated carbocycles. The first-order valence-corrected chi connectivity index (χ1v) is 8.40. The Morgan fingerprint density at radius 1 is 1.25 bits per heavy atom. The van der Waals surface area contributed by atoms with Gasteiger partial charge in [-0.2, -0.15) is 5.10 Å². The van der Waals surface area contributed by atoms with Crippen LogP contribution in [-0.2, 0) is 17.8 Å². The third kappa shape index (κ3) is 3.52. The van der Waals surface area contributed by atoms with E-state index in [1.165, 1.54) is 11.3 Å². The molecule has 6 nitrogen and oxygen atoms in total. The van der Waals surface area contributed by atoms with Crippen molar-refractivity contribution in [2.45, 2.75) is 26.9 Å². The number of carbonyl (C=O) groups excluding carboxylic acids is 1. The van der Waals surface area contributed by atoms with E-state index in [2.05, 4.69) is 20.5 Å². The molecule has 3 rings (SSSR count). The van der Waals surface area contributed by atoms with Crippen LogP contribution in [0.3, 0.4) is 0 Å². The average Bonchev–Trinajstić information content (AvgIpc) is 3.14. The van der Waals surface area contributed by atoms with Crippen LogP contribution in [-0.4, -0.2) is 26.2 Å². The fourth-order valence-electron chi connectivity index (χ4n) is 2.39. The molecule has 0 saturated heterocycles. The number of carbonyl (C=O) groups is 1. The van der Waals surface area contributed by atoms with E-state index in [0.717, 1.165) is 33.1 Å². The quantitative estimate of drug-likeness (QED) is 0.665. The SMILES string of the molecule is Cc1nc(-c2c(C)csc2NC(=O)Cc2ccc(CO)cc2)n[nH]1. The van der Waals surface area contributed by atoms with Crippen LogP contribution < -0.4 is 5.32 Å². The smallest absolute Gasteiger partial charge is 0.229 e. The van der Waals surface area contributed by atoms with Crippen molar-refractivity contribution >= 4 is 22.2 Å². The molecule has 0 radical (unpaired) electrons. The van der Waals surface area contributed by atoms with Crippen molar-refractivity contribution in [3.63, 3.8) is 0 Å². The molecule has 2 aromatic heterocycles. The second-order valence-corrected chi connectivity index (χ2v) is 6.45. The lowest BCUT2D eigenvalue weighted by atomic mass is 10.1. The molecule has 0 spiro atoms. The fourth-order valence-corrected chi connectivity index (χ4v) is 3.34. The van der Waals surface area contributed by atoms with Gasteiger partial charge in [-0.05, 0) is 35.9 Å². The topological polar surface area (TPSA) is 90.9 Å². The number of aliphatic hydroxyl groups excluding tert-OH is 1. The Morgan fingerprint density at radius 2 is 1.96 bits per heavy atom. The number of hydrogen-bond donors (Lipinski definition) is 3. The van der Waals surface area contributed by atoms with Gasteiger partial charge in [-0.3, -0.25) is 9.89 Å². The van der Waals surface area contributed by atoms with Gasteiger partial charge in [0.1, 0.15) is 10.8 Å². The number of rotatable bonds is 5. The van der Waals surface area contributed by atoms with E-state index in [1.807, 2.05) is 43.5 Å². The molecule has 0 atom stereocenters. The number of amides is 1. The van der Waals surface area contributed by atoms with Crippen molar-refractivity contribution in [3.8, 4) is 11.4 Å². The highest BCUT2D eigenvalue weighted by atomic mass is 32.1. The second kappa shape index (κ2) is 6.94. The minimum absolute atomic E-state index is 0.000387. The second-order valence-electron chi connectivity index (χ2n) is 5.57. The highest BCUT2D eigenvalue weighted by Gasteiger charge is 2.17. The summed E-state index contributed by atoms with van der Waals surface area (Å²) >= 11 is 1.47. The number of anilines is 1. The third-order valence-corrected chi connectivity index (χ3v) is 4.63. The van der Waals surface area contributed by atoms with E-state index in [4.69, 9.17) is 5.11 Å². The summed E-state index contributed by atoms with van der Waals surface area (Å²) in [5.41, 5.74) is 3.61. The monoisotopic (exact) mass is 342 g/mol. The summed E-state index contributed by atoms with van der Waals surface area (Å²) in [6, 6.07) is 7.34. The highest BCUT2D eigenvalue weighted by molar-refractivity contribution is 7.15. The van der Waals surface area contributed by atoms with Gasteiger partial charge in [0.2, 0.25) is 5.91 Å². The Kier molecular flexibility index (Phi) is 4.73. The van der Waals surface area contributed by atoms with Crippen molar-refractivity contribution in [1.29, 1.82) is 0 Å². The number of aliphatic hydroxyl groups is 1. The van der Waals surface area contributed by atoms with Gasteiger partial charge in [0.15, 0.2) is 5.82 Å². The summed E-state index contributed by atoms with van der Waals surface area (Å²) < 4.78 is 0. The predicted octanol–water partition coefficient (Wildman–Crippen LogP) is 2.82. The molecule has 24 heavy (non-hydrogen) atoms. The molecule has 3 N–H and O–H groups in total. The third-order valence-electron chi connectivity index (χ3n) is 3.62. The zero-order valence-electron chi connectivity index (χ0n) is 13.5. The largest absolute Gasteiger partial charge is 0.392 e. The van der Waals surface area contributed by atoms with Crippen LogP contribution in [0, 0.1) is 13.8 Å². The Labute approximate surface area is 143 Å². The Hall–Kier alpha value is -2.51. The number of aromatic amines is 1. The lowest BCUT2D eigenvalue weighted by molar-refractivity contribution is -0.115. The van der Waals surface area contributed by atoms with E-state index in [0.29, 0.717) is 5.82 Å². The van der Waals surface area contributed by atoms with Crippen LogP contribution in [0.2, 0.25) is 0 Å². The standard InChI is InChI=1S/C17H18N4O2S/c1-10-9-24-17(15(10)16-18-11(2)20-21-16)19-14(23)7-12-3-5-13(8-22)6-4-12/h3-6,9,22H,7-8H2,1-2H3,(H,19,23)(H,18,20,21). The number of benzene rings is 1. The van der Waals surface area contributed by atoms with E-state index < -0.39 is 0 Å². The Morgan fingerprint density at radius 3 is 2.58 bits per heavy atom. The first-order chi connectivity index (χ1) is 11.6. The van der Waals surface area contributed by atoms with Crippen LogP contribution in [0.5, 0.6) is 0 Å². The van der Waals surface area contributed by atoms with Crippen LogP contribution in [0.15, 0.2) is 29.6 Å². The summed E-state index contributed by atoms with van der Waals surface area (Å²) in [4.78, 5) is 16.7. The summed E-state index contributed by atoms with van der Waals surface area (Å²) in [7, 11) is 0. The molecule has 0 bridgehead atoms. The first kappa shape index (κ1) is 16.4. The number of nitrogens with zero attached hydrogens (tertiary/aromatic N) is 2. The molecule has 3 aromatic rings. The summed E-state index contributed by atoms with van der Waals surface area (Å²) in [6.45, 7) is 3.81. The van der Waals surface area contributed by atoms with Gasteiger partial charge in [0.05, 0.1) is 18.6 Å². The molecule has 0 unspecified atom stereocenters. The van der Waals surface area contributed by atoms with Gasteiger partial charge >= 0.3 is 0 Å². The predicted molar refractivity (Wildman–Crippen MR) is 93.9 cm³/mol. The summed E-state index contributed by atoms with van der Waals surface area (Å²) in [5.74, 6) is 1.23. The molecule has 124 valence electrons. The number of hydrogen-bond acceptors (Lipinski definition) is 5. The van der Waals surface area contributed by atoms with Crippen molar-refractivity contribution in [2.24, 2.45) is 0 Å². The molecule has 0 aliphatic heterocycles.